The van der Waals surface area contributed by atoms with Crippen LogP contribution in [-0.4, -0.2) is 18.1 Å². The molecule has 0 unspecified atom stereocenters. The zero-order valence-electron chi connectivity index (χ0n) is 7.72. The molecular weight excluding hydrogens is 246 g/mol. The molecule has 0 radical (unpaired) electrons. The first kappa shape index (κ1) is 10.9. The van der Waals surface area contributed by atoms with Gasteiger partial charge in [-0.3, -0.25) is 0 Å². The Labute approximate surface area is 92.4 Å². The molecule has 0 aliphatic rings. The van der Waals surface area contributed by atoms with Gasteiger partial charge in [0.25, 0.3) is 0 Å². The van der Waals surface area contributed by atoms with Gasteiger partial charge in [0, 0.05) is 22.5 Å². The van der Waals surface area contributed by atoms with Crippen molar-refractivity contribution < 1.29 is 0 Å². The highest BCUT2D eigenvalue weighted by atomic mass is 79.9. The molecule has 1 N–H and O–H groups in total. The molecule has 72 valence electrons. The second kappa shape index (κ2) is 6.33. The summed E-state index contributed by atoms with van der Waals surface area (Å²) < 4.78 is 1.13. The first-order valence-electron chi connectivity index (χ1n) is 4.40. The van der Waals surface area contributed by atoms with Crippen molar-refractivity contribution in [1.29, 1.82) is 0 Å². The van der Waals surface area contributed by atoms with Crippen LogP contribution in [0.2, 0.25) is 0 Å². The summed E-state index contributed by atoms with van der Waals surface area (Å²) in [6, 6.07) is 8.25. The van der Waals surface area contributed by atoms with E-state index in [0.717, 1.165) is 11.0 Å². The van der Waals surface area contributed by atoms with E-state index in [2.05, 4.69) is 40.3 Å². The minimum atomic E-state index is 1.04. The Balaban J connectivity index is 2.28. The second-order valence-electron chi connectivity index (χ2n) is 2.63. The fraction of sp³-hybridized carbons (Fsp3) is 0.400. The lowest BCUT2D eigenvalue weighted by Crippen LogP contribution is -2.03. The fourth-order valence-electron chi connectivity index (χ4n) is 1.01. The predicted molar refractivity (Wildman–Crippen MR) is 65.6 cm³/mol. The van der Waals surface area contributed by atoms with Crippen LogP contribution in [0.5, 0.6) is 0 Å². The number of anilines is 1. The van der Waals surface area contributed by atoms with E-state index >= 15 is 0 Å². The van der Waals surface area contributed by atoms with Crippen molar-refractivity contribution in [1.82, 2.24) is 0 Å². The summed E-state index contributed by atoms with van der Waals surface area (Å²) in [6.07, 6.45) is 0. The summed E-state index contributed by atoms with van der Waals surface area (Å²) >= 11 is 5.40. The molecule has 0 amide bonds. The van der Waals surface area contributed by atoms with Crippen LogP contribution >= 0.6 is 27.7 Å². The van der Waals surface area contributed by atoms with Crippen molar-refractivity contribution >= 4 is 33.4 Å². The van der Waals surface area contributed by atoms with Crippen LogP contribution in [-0.2, 0) is 0 Å². The number of hydrogen-bond acceptors (Lipinski definition) is 2. The Morgan fingerprint density at radius 1 is 1.46 bits per heavy atom. The Morgan fingerprint density at radius 3 is 3.00 bits per heavy atom. The highest BCUT2D eigenvalue weighted by Crippen LogP contribution is 2.15. The molecule has 0 aliphatic carbocycles. The number of benzene rings is 1. The van der Waals surface area contributed by atoms with Crippen molar-refractivity contribution in [3.8, 4) is 0 Å². The van der Waals surface area contributed by atoms with E-state index in [-0.39, 0.29) is 0 Å². The van der Waals surface area contributed by atoms with Crippen LogP contribution in [0.25, 0.3) is 0 Å². The van der Waals surface area contributed by atoms with Crippen LogP contribution in [0.1, 0.15) is 6.92 Å². The van der Waals surface area contributed by atoms with Crippen LogP contribution in [0.15, 0.2) is 28.7 Å². The third-order valence-electron chi connectivity index (χ3n) is 1.60. The number of rotatable bonds is 5. The first-order valence-corrected chi connectivity index (χ1v) is 6.35. The van der Waals surface area contributed by atoms with Gasteiger partial charge in [0.1, 0.15) is 0 Å². The molecule has 3 heteroatoms. The number of hydrogen-bond donors (Lipinski definition) is 1. The van der Waals surface area contributed by atoms with Crippen LogP contribution in [0, 0.1) is 0 Å². The molecule has 1 aromatic carbocycles. The third-order valence-corrected chi connectivity index (χ3v) is 3.00. The third kappa shape index (κ3) is 4.58. The van der Waals surface area contributed by atoms with Gasteiger partial charge in [-0.1, -0.05) is 28.9 Å². The maximum atomic E-state index is 3.44. The minimum Gasteiger partial charge on any atom is -0.384 e. The Hall–Kier alpha value is -0.150. The van der Waals surface area contributed by atoms with Gasteiger partial charge in [0.05, 0.1) is 0 Å². The van der Waals surface area contributed by atoms with Gasteiger partial charge < -0.3 is 5.32 Å². The van der Waals surface area contributed by atoms with E-state index in [1.54, 1.807) is 0 Å². The molecular formula is C10H14BrNS. The summed E-state index contributed by atoms with van der Waals surface area (Å²) in [6.45, 7) is 3.22. The van der Waals surface area contributed by atoms with Crippen molar-refractivity contribution in [3.05, 3.63) is 28.7 Å². The van der Waals surface area contributed by atoms with Gasteiger partial charge >= 0.3 is 0 Å². The lowest BCUT2D eigenvalue weighted by molar-refractivity contribution is 1.22. The lowest BCUT2D eigenvalue weighted by atomic mass is 10.3. The van der Waals surface area contributed by atoms with E-state index < -0.39 is 0 Å². The standard InChI is InChI=1S/C10H14BrNS/c1-2-13-7-6-12-10-5-3-4-9(11)8-10/h3-5,8,12H,2,6-7H2,1H3. The van der Waals surface area contributed by atoms with Gasteiger partial charge in [-0.05, 0) is 24.0 Å². The molecule has 0 spiro atoms. The van der Waals surface area contributed by atoms with Gasteiger partial charge in [-0.15, -0.1) is 0 Å². The maximum absolute atomic E-state index is 3.44. The monoisotopic (exact) mass is 259 g/mol. The van der Waals surface area contributed by atoms with Crippen LogP contribution in [0.4, 0.5) is 5.69 Å². The molecule has 0 saturated heterocycles. The number of thioether (sulfide) groups is 1. The van der Waals surface area contributed by atoms with Gasteiger partial charge in [-0.25, -0.2) is 0 Å². The average Bonchev–Trinajstić information content (AvgIpc) is 2.13. The quantitative estimate of drug-likeness (QED) is 0.811. The van der Waals surface area contributed by atoms with Crippen molar-refractivity contribution in [2.45, 2.75) is 6.92 Å². The SMILES string of the molecule is CCSCCNc1cccc(Br)c1. The zero-order valence-corrected chi connectivity index (χ0v) is 10.1. The molecule has 0 atom stereocenters. The summed E-state index contributed by atoms with van der Waals surface area (Å²) in [5.41, 5.74) is 1.19. The number of nitrogens with one attached hydrogen (secondary N) is 1. The molecule has 0 bridgehead atoms. The van der Waals surface area contributed by atoms with Crippen molar-refractivity contribution in [2.24, 2.45) is 0 Å². The predicted octanol–water partition coefficient (Wildman–Crippen LogP) is 3.61. The fourth-order valence-corrected chi connectivity index (χ4v) is 1.94. The first-order chi connectivity index (χ1) is 6.33. The largest absolute Gasteiger partial charge is 0.384 e. The lowest BCUT2D eigenvalue weighted by Gasteiger charge is -2.05. The normalized spacial score (nSPS) is 10.0. The van der Waals surface area contributed by atoms with Crippen LogP contribution in [0.3, 0.4) is 0 Å². The van der Waals surface area contributed by atoms with E-state index in [0.29, 0.717) is 0 Å². The Bertz CT molecular complexity index is 252. The van der Waals surface area contributed by atoms with E-state index in [1.807, 2.05) is 23.9 Å². The summed E-state index contributed by atoms with van der Waals surface area (Å²) in [5, 5.41) is 3.37. The average molecular weight is 260 g/mol. The van der Waals surface area contributed by atoms with Gasteiger partial charge in [-0.2, -0.15) is 11.8 Å². The molecule has 0 fully saturated rings. The second-order valence-corrected chi connectivity index (χ2v) is 4.94. The zero-order chi connectivity index (χ0) is 9.52. The molecule has 1 nitrogen and oxygen atoms in total. The molecule has 0 aliphatic heterocycles. The van der Waals surface area contributed by atoms with E-state index in [9.17, 15) is 0 Å². The molecule has 1 aromatic rings. The van der Waals surface area contributed by atoms with Crippen LogP contribution < -0.4 is 5.32 Å². The molecule has 0 aromatic heterocycles. The minimum absolute atomic E-state index is 1.04. The topological polar surface area (TPSA) is 12.0 Å². The smallest absolute Gasteiger partial charge is 0.0351 e. The Morgan fingerprint density at radius 2 is 2.31 bits per heavy atom. The molecule has 1 rings (SSSR count). The Kier molecular flexibility index (Phi) is 5.32. The highest BCUT2D eigenvalue weighted by Gasteiger charge is 1.91. The molecule has 0 saturated carbocycles. The number of halogens is 1. The summed E-state index contributed by atoms with van der Waals surface area (Å²) in [7, 11) is 0. The molecule has 0 heterocycles. The maximum Gasteiger partial charge on any atom is 0.0351 e. The van der Waals surface area contributed by atoms with E-state index in [1.165, 1.54) is 17.2 Å². The van der Waals surface area contributed by atoms with Gasteiger partial charge in [0.2, 0.25) is 0 Å². The summed E-state index contributed by atoms with van der Waals surface area (Å²) in [4.78, 5) is 0. The highest BCUT2D eigenvalue weighted by molar-refractivity contribution is 9.10. The molecule has 13 heavy (non-hydrogen) atoms. The van der Waals surface area contributed by atoms with Gasteiger partial charge in [0.15, 0.2) is 0 Å². The van der Waals surface area contributed by atoms with Crippen molar-refractivity contribution in [2.75, 3.05) is 23.4 Å². The summed E-state index contributed by atoms with van der Waals surface area (Å²) in [5.74, 6) is 2.36. The van der Waals surface area contributed by atoms with Crippen molar-refractivity contribution in [3.63, 3.8) is 0 Å². The van der Waals surface area contributed by atoms with E-state index in [4.69, 9.17) is 0 Å².